The summed E-state index contributed by atoms with van der Waals surface area (Å²) in [6.07, 6.45) is 2.03. The Labute approximate surface area is 95.7 Å². The van der Waals surface area contributed by atoms with Crippen molar-refractivity contribution < 1.29 is 0 Å². The van der Waals surface area contributed by atoms with Gasteiger partial charge in [-0.25, -0.2) is 4.98 Å². The third-order valence-electron chi connectivity index (χ3n) is 2.78. The standard InChI is InChI=1S/C12H18N4/c1-9(8-13)11-10-6-4-5-7-16(10)12(14-11)15(2)3/h4-7,9H,8,13H2,1-3H3. The normalized spacial score (nSPS) is 13.0. The minimum Gasteiger partial charge on any atom is -0.348 e. The average Bonchev–Trinajstić information content (AvgIpc) is 2.67. The molecule has 2 rings (SSSR count). The van der Waals surface area contributed by atoms with Crippen molar-refractivity contribution in [1.82, 2.24) is 9.38 Å². The van der Waals surface area contributed by atoms with Crippen LogP contribution in [0.5, 0.6) is 0 Å². The van der Waals surface area contributed by atoms with Gasteiger partial charge in [-0.1, -0.05) is 13.0 Å². The molecule has 4 nitrogen and oxygen atoms in total. The Morgan fingerprint density at radius 3 is 2.81 bits per heavy atom. The van der Waals surface area contributed by atoms with E-state index in [-0.39, 0.29) is 5.92 Å². The molecule has 2 heterocycles. The van der Waals surface area contributed by atoms with Crippen LogP contribution in [0.15, 0.2) is 24.4 Å². The van der Waals surface area contributed by atoms with E-state index in [4.69, 9.17) is 5.73 Å². The number of hydrogen-bond donors (Lipinski definition) is 1. The second kappa shape index (κ2) is 4.14. The van der Waals surface area contributed by atoms with Crippen molar-refractivity contribution in [2.75, 3.05) is 25.5 Å². The third-order valence-corrected chi connectivity index (χ3v) is 2.78. The molecule has 0 fully saturated rings. The molecule has 0 radical (unpaired) electrons. The van der Waals surface area contributed by atoms with Gasteiger partial charge in [0.15, 0.2) is 0 Å². The molecule has 0 aliphatic rings. The van der Waals surface area contributed by atoms with Gasteiger partial charge in [0.05, 0.1) is 11.2 Å². The van der Waals surface area contributed by atoms with Crippen molar-refractivity contribution in [1.29, 1.82) is 0 Å². The second-order valence-electron chi connectivity index (χ2n) is 4.28. The molecule has 86 valence electrons. The summed E-state index contributed by atoms with van der Waals surface area (Å²) in [6.45, 7) is 2.73. The first-order chi connectivity index (χ1) is 7.65. The maximum Gasteiger partial charge on any atom is 0.209 e. The zero-order valence-corrected chi connectivity index (χ0v) is 10.0. The number of anilines is 1. The summed E-state index contributed by atoms with van der Waals surface area (Å²) in [5, 5.41) is 0. The number of rotatable bonds is 3. The molecule has 1 atom stereocenters. The van der Waals surface area contributed by atoms with Crippen LogP contribution in [0.1, 0.15) is 18.5 Å². The number of nitrogens with two attached hydrogens (primary N) is 1. The maximum absolute atomic E-state index is 5.72. The fourth-order valence-corrected chi connectivity index (χ4v) is 1.83. The zero-order chi connectivity index (χ0) is 11.7. The van der Waals surface area contributed by atoms with E-state index < -0.39 is 0 Å². The minimum absolute atomic E-state index is 0.283. The Hall–Kier alpha value is -1.55. The molecule has 2 aromatic heterocycles. The first-order valence-corrected chi connectivity index (χ1v) is 5.49. The van der Waals surface area contributed by atoms with E-state index in [0.29, 0.717) is 6.54 Å². The van der Waals surface area contributed by atoms with Crippen LogP contribution in [0.4, 0.5) is 5.95 Å². The van der Waals surface area contributed by atoms with Crippen LogP contribution >= 0.6 is 0 Å². The van der Waals surface area contributed by atoms with Crippen molar-refractivity contribution >= 4 is 11.5 Å². The fourth-order valence-electron chi connectivity index (χ4n) is 1.83. The molecular weight excluding hydrogens is 200 g/mol. The summed E-state index contributed by atoms with van der Waals surface area (Å²) < 4.78 is 2.10. The van der Waals surface area contributed by atoms with Gasteiger partial charge in [-0.15, -0.1) is 0 Å². The number of aromatic nitrogens is 2. The van der Waals surface area contributed by atoms with E-state index in [1.165, 1.54) is 0 Å². The van der Waals surface area contributed by atoms with Crippen molar-refractivity contribution in [3.05, 3.63) is 30.1 Å². The van der Waals surface area contributed by atoms with Gasteiger partial charge in [0.1, 0.15) is 0 Å². The summed E-state index contributed by atoms with van der Waals surface area (Å²) in [4.78, 5) is 6.68. The number of fused-ring (bicyclic) bond motifs is 1. The zero-order valence-electron chi connectivity index (χ0n) is 10.0. The van der Waals surface area contributed by atoms with Gasteiger partial charge >= 0.3 is 0 Å². The molecule has 0 bridgehead atoms. The highest BCUT2D eigenvalue weighted by Gasteiger charge is 2.15. The van der Waals surface area contributed by atoms with Crippen LogP contribution in [-0.2, 0) is 0 Å². The predicted molar refractivity (Wildman–Crippen MR) is 67.0 cm³/mol. The minimum atomic E-state index is 0.283. The summed E-state index contributed by atoms with van der Waals surface area (Å²) in [5.74, 6) is 1.23. The lowest BCUT2D eigenvalue weighted by molar-refractivity contribution is 0.756. The highest BCUT2D eigenvalue weighted by atomic mass is 15.3. The molecule has 0 saturated heterocycles. The molecule has 1 unspecified atom stereocenters. The number of imidazole rings is 1. The van der Waals surface area contributed by atoms with Crippen LogP contribution in [0.2, 0.25) is 0 Å². The lowest BCUT2D eigenvalue weighted by Gasteiger charge is -2.09. The molecule has 0 spiro atoms. The van der Waals surface area contributed by atoms with Gasteiger partial charge in [0, 0.05) is 32.8 Å². The molecule has 0 aliphatic heterocycles. The quantitative estimate of drug-likeness (QED) is 0.848. The van der Waals surface area contributed by atoms with Gasteiger partial charge in [0.25, 0.3) is 0 Å². The molecule has 0 aliphatic carbocycles. The monoisotopic (exact) mass is 218 g/mol. The lowest BCUT2D eigenvalue weighted by Crippen LogP contribution is -2.13. The van der Waals surface area contributed by atoms with Crippen molar-refractivity contribution in [3.63, 3.8) is 0 Å². The lowest BCUT2D eigenvalue weighted by atomic mass is 10.1. The van der Waals surface area contributed by atoms with Gasteiger partial charge < -0.3 is 10.6 Å². The van der Waals surface area contributed by atoms with Gasteiger partial charge in [-0.05, 0) is 12.1 Å². The molecule has 0 aromatic carbocycles. The molecular formula is C12H18N4. The molecule has 16 heavy (non-hydrogen) atoms. The summed E-state index contributed by atoms with van der Waals surface area (Å²) in [5.41, 5.74) is 7.94. The SMILES string of the molecule is CC(CN)c1nc(N(C)C)n2ccccc12. The number of pyridine rings is 1. The molecule has 0 saturated carbocycles. The summed E-state index contributed by atoms with van der Waals surface area (Å²) in [6, 6.07) is 6.13. The van der Waals surface area contributed by atoms with Crippen molar-refractivity contribution in [2.24, 2.45) is 5.73 Å². The number of hydrogen-bond acceptors (Lipinski definition) is 3. The van der Waals surface area contributed by atoms with E-state index in [0.717, 1.165) is 17.2 Å². The van der Waals surface area contributed by atoms with Crippen LogP contribution in [-0.4, -0.2) is 30.0 Å². The van der Waals surface area contributed by atoms with Crippen LogP contribution in [0.3, 0.4) is 0 Å². The average molecular weight is 218 g/mol. The van der Waals surface area contributed by atoms with E-state index in [2.05, 4.69) is 22.4 Å². The molecule has 2 aromatic rings. The third kappa shape index (κ3) is 1.65. The molecule has 4 heteroatoms. The highest BCUT2D eigenvalue weighted by Crippen LogP contribution is 2.24. The predicted octanol–water partition coefficient (Wildman–Crippen LogP) is 1.46. The van der Waals surface area contributed by atoms with Crippen molar-refractivity contribution in [3.8, 4) is 0 Å². The van der Waals surface area contributed by atoms with Gasteiger partial charge in [0.2, 0.25) is 5.95 Å². The Morgan fingerprint density at radius 1 is 1.44 bits per heavy atom. The van der Waals surface area contributed by atoms with Crippen molar-refractivity contribution in [2.45, 2.75) is 12.8 Å². The Bertz CT molecular complexity index is 487. The van der Waals surface area contributed by atoms with E-state index in [1.807, 2.05) is 37.3 Å². The summed E-state index contributed by atoms with van der Waals surface area (Å²) in [7, 11) is 4.00. The van der Waals surface area contributed by atoms with Crippen LogP contribution in [0, 0.1) is 0 Å². The first kappa shape index (κ1) is 11.0. The smallest absolute Gasteiger partial charge is 0.209 e. The largest absolute Gasteiger partial charge is 0.348 e. The summed E-state index contributed by atoms with van der Waals surface area (Å²) >= 11 is 0. The second-order valence-corrected chi connectivity index (χ2v) is 4.28. The molecule has 2 N–H and O–H groups in total. The van der Waals surface area contributed by atoms with Crippen LogP contribution < -0.4 is 10.6 Å². The van der Waals surface area contributed by atoms with Gasteiger partial charge in [-0.3, -0.25) is 4.40 Å². The van der Waals surface area contributed by atoms with E-state index in [9.17, 15) is 0 Å². The highest BCUT2D eigenvalue weighted by molar-refractivity contribution is 5.59. The van der Waals surface area contributed by atoms with E-state index in [1.54, 1.807) is 0 Å². The maximum atomic E-state index is 5.72. The fraction of sp³-hybridized carbons (Fsp3) is 0.417. The Morgan fingerprint density at radius 2 is 2.19 bits per heavy atom. The van der Waals surface area contributed by atoms with Crippen LogP contribution in [0.25, 0.3) is 5.52 Å². The topological polar surface area (TPSA) is 46.6 Å². The number of nitrogens with zero attached hydrogens (tertiary/aromatic N) is 3. The van der Waals surface area contributed by atoms with E-state index >= 15 is 0 Å². The Kier molecular flexibility index (Phi) is 2.83. The Balaban J connectivity index is 2.66. The molecule has 0 amide bonds. The van der Waals surface area contributed by atoms with Gasteiger partial charge in [-0.2, -0.15) is 0 Å². The first-order valence-electron chi connectivity index (χ1n) is 5.49.